The number of hydrogen-bond acceptors (Lipinski definition) is 7. The third-order valence-electron chi connectivity index (χ3n) is 6.05. The molecule has 1 fully saturated rings. The predicted molar refractivity (Wildman–Crippen MR) is 124 cm³/mol. The highest BCUT2D eigenvalue weighted by molar-refractivity contribution is 7.99. The number of aromatic nitrogens is 2. The minimum absolute atomic E-state index is 0.000103. The Morgan fingerprint density at radius 1 is 1.26 bits per heavy atom. The Balaban J connectivity index is 1.28. The van der Waals surface area contributed by atoms with Crippen molar-refractivity contribution in [1.82, 2.24) is 14.9 Å². The number of fused-ring (bicyclic) bond motifs is 2. The fraction of sp³-hybridized carbons (Fsp3) is 0.542. The first-order chi connectivity index (χ1) is 14.9. The summed E-state index contributed by atoms with van der Waals surface area (Å²) in [5.74, 6) is 1.44. The molecule has 1 aromatic heterocycles. The van der Waals surface area contributed by atoms with E-state index in [4.69, 9.17) is 4.74 Å². The summed E-state index contributed by atoms with van der Waals surface area (Å²) in [5, 5.41) is 4.35. The van der Waals surface area contributed by atoms with Gasteiger partial charge in [-0.15, -0.1) is 0 Å². The molecule has 6 nitrogen and oxygen atoms in total. The molecule has 0 amide bonds. The van der Waals surface area contributed by atoms with E-state index in [2.05, 4.69) is 52.2 Å². The first-order valence-corrected chi connectivity index (χ1v) is 12.0. The van der Waals surface area contributed by atoms with Crippen LogP contribution in [0.15, 0.2) is 40.5 Å². The van der Waals surface area contributed by atoms with Crippen LogP contribution in [0.25, 0.3) is 0 Å². The summed E-state index contributed by atoms with van der Waals surface area (Å²) in [6.45, 7) is 9.89. The van der Waals surface area contributed by atoms with E-state index in [1.54, 1.807) is 24.2 Å². The molecule has 7 heteroatoms. The van der Waals surface area contributed by atoms with Gasteiger partial charge < -0.3 is 10.1 Å². The van der Waals surface area contributed by atoms with E-state index in [0.29, 0.717) is 18.9 Å². The second-order valence-electron chi connectivity index (χ2n) is 9.34. The van der Waals surface area contributed by atoms with Gasteiger partial charge in [0, 0.05) is 23.8 Å². The van der Waals surface area contributed by atoms with Gasteiger partial charge in [-0.25, -0.2) is 9.97 Å². The van der Waals surface area contributed by atoms with Crippen molar-refractivity contribution in [3.8, 4) is 0 Å². The largest absolute Gasteiger partial charge is 0.466 e. The van der Waals surface area contributed by atoms with Crippen molar-refractivity contribution in [1.29, 1.82) is 0 Å². The molecule has 31 heavy (non-hydrogen) atoms. The van der Waals surface area contributed by atoms with E-state index in [-0.39, 0.29) is 11.4 Å². The van der Waals surface area contributed by atoms with Gasteiger partial charge in [-0.1, -0.05) is 31.7 Å². The Morgan fingerprint density at radius 3 is 2.81 bits per heavy atom. The van der Waals surface area contributed by atoms with Gasteiger partial charge in [-0.3, -0.25) is 9.69 Å². The lowest BCUT2D eigenvalue weighted by Gasteiger charge is -2.36. The first kappa shape index (κ1) is 22.1. The molecule has 0 aliphatic carbocycles. The average molecular weight is 441 g/mol. The third kappa shape index (κ3) is 5.77. The molecule has 2 aromatic rings. The molecule has 0 spiro atoms. The Kier molecular flexibility index (Phi) is 6.82. The Hall–Kier alpha value is -2.12. The third-order valence-corrected chi connectivity index (χ3v) is 7.12. The van der Waals surface area contributed by atoms with Crippen LogP contribution in [-0.4, -0.2) is 40.5 Å². The number of carbonyl (C=O) groups excluding carboxylic acids is 1. The van der Waals surface area contributed by atoms with Crippen molar-refractivity contribution in [3.05, 3.63) is 36.2 Å². The van der Waals surface area contributed by atoms with Crippen molar-refractivity contribution in [3.63, 3.8) is 0 Å². The van der Waals surface area contributed by atoms with Crippen molar-refractivity contribution >= 4 is 29.2 Å². The van der Waals surface area contributed by atoms with Crippen LogP contribution in [0.3, 0.4) is 0 Å². The zero-order valence-electron chi connectivity index (χ0n) is 18.7. The zero-order chi connectivity index (χ0) is 21.8. The van der Waals surface area contributed by atoms with Crippen LogP contribution < -0.4 is 5.32 Å². The molecule has 2 aliphatic heterocycles. The Bertz CT molecular complexity index is 926. The lowest BCUT2D eigenvalue weighted by atomic mass is 9.77. The van der Waals surface area contributed by atoms with Crippen molar-refractivity contribution < 1.29 is 9.53 Å². The van der Waals surface area contributed by atoms with Crippen LogP contribution >= 0.6 is 11.8 Å². The van der Waals surface area contributed by atoms with E-state index in [1.807, 2.05) is 6.92 Å². The SMILES string of the molecule is CCOC(=O)CC(C)(C)CC1CCN(Cc2ccc3c(c2)Nc2nccnc2S3)CC1. The number of nitrogens with zero attached hydrogens (tertiary/aromatic N) is 3. The number of anilines is 2. The number of ether oxygens (including phenoxy) is 1. The van der Waals surface area contributed by atoms with Gasteiger partial charge in [0.05, 0.1) is 18.7 Å². The van der Waals surface area contributed by atoms with Crippen LogP contribution in [0.1, 0.15) is 52.0 Å². The predicted octanol–water partition coefficient (Wildman–Crippen LogP) is 5.27. The summed E-state index contributed by atoms with van der Waals surface area (Å²) in [4.78, 5) is 24.4. The highest BCUT2D eigenvalue weighted by Gasteiger charge is 2.29. The summed E-state index contributed by atoms with van der Waals surface area (Å²) in [6, 6.07) is 6.66. The molecule has 4 rings (SSSR count). The van der Waals surface area contributed by atoms with E-state index >= 15 is 0 Å². The summed E-state index contributed by atoms with van der Waals surface area (Å²) in [6.07, 6.45) is 7.42. The summed E-state index contributed by atoms with van der Waals surface area (Å²) < 4.78 is 5.15. The van der Waals surface area contributed by atoms with E-state index in [9.17, 15) is 4.79 Å². The smallest absolute Gasteiger partial charge is 0.306 e. The second kappa shape index (κ2) is 9.57. The normalized spacial score (nSPS) is 16.9. The maximum Gasteiger partial charge on any atom is 0.306 e. The minimum Gasteiger partial charge on any atom is -0.466 e. The number of esters is 1. The molecule has 1 N–H and O–H groups in total. The van der Waals surface area contributed by atoms with E-state index < -0.39 is 0 Å². The molecule has 3 heterocycles. The Morgan fingerprint density at radius 2 is 2.03 bits per heavy atom. The average Bonchev–Trinajstić information content (AvgIpc) is 2.73. The monoisotopic (exact) mass is 440 g/mol. The zero-order valence-corrected chi connectivity index (χ0v) is 19.5. The van der Waals surface area contributed by atoms with Crippen LogP contribution in [0.4, 0.5) is 11.5 Å². The van der Waals surface area contributed by atoms with Crippen LogP contribution in [0.5, 0.6) is 0 Å². The van der Waals surface area contributed by atoms with Gasteiger partial charge >= 0.3 is 5.97 Å². The second-order valence-corrected chi connectivity index (χ2v) is 10.4. The van der Waals surface area contributed by atoms with Gasteiger partial charge in [-0.2, -0.15) is 0 Å². The molecule has 1 aromatic carbocycles. The number of benzene rings is 1. The summed E-state index contributed by atoms with van der Waals surface area (Å²) >= 11 is 1.67. The van der Waals surface area contributed by atoms with E-state index in [1.165, 1.54) is 23.3 Å². The van der Waals surface area contributed by atoms with E-state index in [0.717, 1.165) is 42.6 Å². The number of rotatable bonds is 7. The minimum atomic E-state index is -0.0716. The topological polar surface area (TPSA) is 67.3 Å². The molecular formula is C24H32N4O2S. The quantitative estimate of drug-likeness (QED) is 0.502. The van der Waals surface area contributed by atoms with Gasteiger partial charge in [-0.05, 0) is 68.3 Å². The molecule has 166 valence electrons. The van der Waals surface area contributed by atoms with Gasteiger partial charge in [0.15, 0.2) is 5.82 Å². The first-order valence-electron chi connectivity index (χ1n) is 11.2. The molecule has 0 unspecified atom stereocenters. The molecule has 0 atom stereocenters. The molecule has 0 saturated carbocycles. The number of hydrogen-bond donors (Lipinski definition) is 1. The lowest BCUT2D eigenvalue weighted by molar-refractivity contribution is -0.145. The van der Waals surface area contributed by atoms with Crippen LogP contribution in [-0.2, 0) is 16.1 Å². The molecule has 0 bridgehead atoms. The summed E-state index contributed by atoms with van der Waals surface area (Å²) in [5.41, 5.74) is 2.44. The fourth-order valence-corrected chi connectivity index (χ4v) is 5.52. The van der Waals surface area contributed by atoms with Gasteiger partial charge in [0.25, 0.3) is 0 Å². The molecule has 2 aliphatic rings. The maximum atomic E-state index is 11.9. The van der Waals surface area contributed by atoms with Crippen molar-refractivity contribution in [2.45, 2.75) is 62.9 Å². The highest BCUT2D eigenvalue weighted by Crippen LogP contribution is 2.42. The van der Waals surface area contributed by atoms with Crippen molar-refractivity contribution in [2.24, 2.45) is 11.3 Å². The maximum absolute atomic E-state index is 11.9. The number of likely N-dealkylation sites (tertiary alicyclic amines) is 1. The molecule has 1 saturated heterocycles. The summed E-state index contributed by atoms with van der Waals surface area (Å²) in [7, 11) is 0. The lowest BCUT2D eigenvalue weighted by Crippen LogP contribution is -2.35. The molecule has 0 radical (unpaired) electrons. The van der Waals surface area contributed by atoms with Crippen molar-refractivity contribution in [2.75, 3.05) is 25.0 Å². The van der Waals surface area contributed by atoms with Gasteiger partial charge in [0.1, 0.15) is 5.03 Å². The highest BCUT2D eigenvalue weighted by atomic mass is 32.2. The number of piperidine rings is 1. The van der Waals surface area contributed by atoms with Gasteiger partial charge in [0.2, 0.25) is 0 Å². The van der Waals surface area contributed by atoms with Crippen LogP contribution in [0.2, 0.25) is 0 Å². The molecular weight excluding hydrogens is 408 g/mol. The van der Waals surface area contributed by atoms with Crippen LogP contribution in [0, 0.1) is 11.3 Å². The number of nitrogens with one attached hydrogen (secondary N) is 1. The Labute approximate surface area is 189 Å². The number of carbonyl (C=O) groups is 1. The fourth-order valence-electron chi connectivity index (χ4n) is 4.64. The standard InChI is InChI=1S/C24H32N4O2S/c1-4-30-21(29)15-24(2,3)14-17-7-11-28(12-8-17)16-18-5-6-20-19(13-18)27-22-23(31-20)26-10-9-25-22/h5-6,9-10,13,17H,4,7-8,11-12,14-16H2,1-3H3,(H,25,27).